The maximum absolute atomic E-state index is 12.4. The van der Waals surface area contributed by atoms with Crippen LogP contribution in [0.5, 0.6) is 17.2 Å². The Morgan fingerprint density at radius 2 is 1.85 bits per heavy atom. The molecule has 0 amide bonds. The predicted octanol–water partition coefficient (Wildman–Crippen LogP) is 4.67. The zero-order chi connectivity index (χ0) is 19.5. The first kappa shape index (κ1) is 20.1. The molecule has 0 N–H and O–H groups in total. The molecule has 27 heavy (non-hydrogen) atoms. The Morgan fingerprint density at radius 3 is 2.52 bits per heavy atom. The Bertz CT molecular complexity index is 819. The number of benzene rings is 2. The maximum atomic E-state index is 12.4. The van der Waals surface area contributed by atoms with Gasteiger partial charge in [0, 0.05) is 11.1 Å². The van der Waals surface area contributed by atoms with E-state index in [1.165, 1.54) is 6.08 Å². The van der Waals surface area contributed by atoms with Crippen molar-refractivity contribution in [1.82, 2.24) is 0 Å². The normalized spacial score (nSPS) is 10.4. The van der Waals surface area contributed by atoms with E-state index in [4.69, 9.17) is 19.5 Å². The van der Waals surface area contributed by atoms with Crippen LogP contribution >= 0.6 is 0 Å². The van der Waals surface area contributed by atoms with Crippen LogP contribution in [-0.4, -0.2) is 25.6 Å². The van der Waals surface area contributed by atoms with Crippen LogP contribution in [0.15, 0.2) is 48.5 Å². The van der Waals surface area contributed by atoms with Crippen LogP contribution < -0.4 is 14.2 Å². The van der Waals surface area contributed by atoms with E-state index in [9.17, 15) is 4.79 Å². The monoisotopic (exact) mass is 365 g/mol. The Morgan fingerprint density at radius 1 is 1.07 bits per heavy atom. The van der Waals surface area contributed by atoms with E-state index in [2.05, 4.69) is 0 Å². The lowest BCUT2D eigenvalue weighted by molar-refractivity contribution is 0.104. The number of ketones is 1. The molecule has 5 nitrogen and oxygen atoms in total. The molecule has 2 aromatic carbocycles. The second-order valence-corrected chi connectivity index (χ2v) is 5.62. The van der Waals surface area contributed by atoms with Gasteiger partial charge in [0.2, 0.25) is 0 Å². The number of rotatable bonds is 10. The van der Waals surface area contributed by atoms with Crippen LogP contribution in [0.4, 0.5) is 0 Å². The molecule has 0 aromatic heterocycles. The lowest BCUT2D eigenvalue weighted by atomic mass is 10.1. The minimum Gasteiger partial charge on any atom is -0.490 e. The summed E-state index contributed by atoms with van der Waals surface area (Å²) in [6.45, 7) is 5.04. The molecule has 2 rings (SSSR count). The maximum Gasteiger partial charge on any atom is 0.185 e. The number of nitrogens with zero attached hydrogens (tertiary/aromatic N) is 1. The van der Waals surface area contributed by atoms with Gasteiger partial charge >= 0.3 is 0 Å². The first-order valence-corrected chi connectivity index (χ1v) is 8.90. The van der Waals surface area contributed by atoms with Gasteiger partial charge in [0.1, 0.15) is 11.8 Å². The van der Waals surface area contributed by atoms with E-state index >= 15 is 0 Å². The van der Waals surface area contributed by atoms with Gasteiger partial charge in [0.05, 0.1) is 13.2 Å². The van der Waals surface area contributed by atoms with Gasteiger partial charge < -0.3 is 14.2 Å². The third-order valence-corrected chi connectivity index (χ3v) is 3.62. The van der Waals surface area contributed by atoms with E-state index in [1.807, 2.05) is 38.1 Å². The molecule has 0 atom stereocenters. The largest absolute Gasteiger partial charge is 0.490 e. The second kappa shape index (κ2) is 10.7. The Balaban J connectivity index is 2.17. The fourth-order valence-corrected chi connectivity index (χ4v) is 2.38. The van der Waals surface area contributed by atoms with Crippen LogP contribution in [0.2, 0.25) is 0 Å². The second-order valence-electron chi connectivity index (χ2n) is 5.62. The fourth-order valence-electron chi connectivity index (χ4n) is 2.38. The lowest BCUT2D eigenvalue weighted by Gasteiger charge is -2.13. The van der Waals surface area contributed by atoms with E-state index in [0.29, 0.717) is 36.0 Å². The summed E-state index contributed by atoms with van der Waals surface area (Å²) >= 11 is 0. The molecule has 0 bridgehead atoms. The molecule has 0 unspecified atom stereocenters. The predicted molar refractivity (Wildman–Crippen MR) is 104 cm³/mol. The molecule has 0 radical (unpaired) electrons. The summed E-state index contributed by atoms with van der Waals surface area (Å²) in [6.07, 6.45) is 4.12. The van der Waals surface area contributed by atoms with Crippen LogP contribution in [0.1, 0.15) is 36.2 Å². The van der Waals surface area contributed by atoms with Crippen LogP contribution in [0, 0.1) is 11.3 Å². The van der Waals surface area contributed by atoms with Gasteiger partial charge in [-0.05, 0) is 55.8 Å². The number of carbonyl (C=O) groups is 1. The minimum atomic E-state index is -0.134. The molecule has 5 heteroatoms. The smallest absolute Gasteiger partial charge is 0.185 e. The van der Waals surface area contributed by atoms with Crippen molar-refractivity contribution in [3.63, 3.8) is 0 Å². The number of allylic oxidation sites excluding steroid dienone is 1. The topological polar surface area (TPSA) is 68.5 Å². The standard InChI is InChI=1S/C22H23NO4/c1-3-15-27-22-18(6-5-7-21(22)25-4-2)10-13-20(24)17-8-11-19(12-9-17)26-16-14-23/h5-13H,3-4,15-16H2,1-2H3/b13-10+. The van der Waals surface area contributed by atoms with E-state index < -0.39 is 0 Å². The van der Waals surface area contributed by atoms with E-state index in [0.717, 1.165) is 12.0 Å². The van der Waals surface area contributed by atoms with Crippen molar-refractivity contribution < 1.29 is 19.0 Å². The molecule has 0 saturated carbocycles. The first-order valence-electron chi connectivity index (χ1n) is 8.90. The van der Waals surface area contributed by atoms with Gasteiger partial charge in [0.15, 0.2) is 23.9 Å². The van der Waals surface area contributed by atoms with Crippen LogP contribution in [0.25, 0.3) is 6.08 Å². The molecule has 0 aliphatic carbocycles. The molecule has 0 fully saturated rings. The van der Waals surface area contributed by atoms with Gasteiger partial charge in [-0.25, -0.2) is 0 Å². The van der Waals surface area contributed by atoms with Crippen molar-refractivity contribution in [2.75, 3.05) is 19.8 Å². The van der Waals surface area contributed by atoms with Crippen LogP contribution in [0.3, 0.4) is 0 Å². The number of hydrogen-bond acceptors (Lipinski definition) is 5. The zero-order valence-electron chi connectivity index (χ0n) is 15.6. The molecule has 0 spiro atoms. The van der Waals surface area contributed by atoms with E-state index in [-0.39, 0.29) is 12.4 Å². The molecule has 0 aliphatic rings. The third-order valence-electron chi connectivity index (χ3n) is 3.62. The van der Waals surface area contributed by atoms with Gasteiger partial charge in [-0.2, -0.15) is 5.26 Å². The highest BCUT2D eigenvalue weighted by atomic mass is 16.5. The summed E-state index contributed by atoms with van der Waals surface area (Å²) in [5.74, 6) is 1.73. The van der Waals surface area contributed by atoms with Crippen molar-refractivity contribution in [2.24, 2.45) is 0 Å². The van der Waals surface area contributed by atoms with Gasteiger partial charge in [-0.3, -0.25) is 4.79 Å². The third kappa shape index (κ3) is 5.89. The summed E-state index contributed by atoms with van der Waals surface area (Å²) in [6, 6.07) is 14.2. The Kier molecular flexibility index (Phi) is 7.92. The summed E-state index contributed by atoms with van der Waals surface area (Å²) in [5.41, 5.74) is 1.32. The van der Waals surface area contributed by atoms with Crippen molar-refractivity contribution >= 4 is 11.9 Å². The minimum absolute atomic E-state index is 0.0239. The molecule has 0 heterocycles. The lowest BCUT2D eigenvalue weighted by Crippen LogP contribution is -2.02. The van der Waals surface area contributed by atoms with Gasteiger partial charge in [-0.15, -0.1) is 0 Å². The van der Waals surface area contributed by atoms with Gasteiger partial charge in [0.25, 0.3) is 0 Å². The molecule has 140 valence electrons. The summed E-state index contributed by atoms with van der Waals surface area (Å²) in [4.78, 5) is 12.4. The number of carbonyl (C=O) groups excluding carboxylic acids is 1. The Labute approximate surface area is 159 Å². The van der Waals surface area contributed by atoms with Crippen molar-refractivity contribution in [2.45, 2.75) is 20.3 Å². The fraction of sp³-hybridized carbons (Fsp3) is 0.273. The number of ether oxygens (including phenoxy) is 3. The molecule has 2 aromatic rings. The van der Waals surface area contributed by atoms with E-state index in [1.54, 1.807) is 30.3 Å². The molecular formula is C22H23NO4. The average molecular weight is 365 g/mol. The number of hydrogen-bond donors (Lipinski definition) is 0. The van der Waals surface area contributed by atoms with Crippen LogP contribution in [-0.2, 0) is 0 Å². The first-order chi connectivity index (χ1) is 13.2. The highest BCUT2D eigenvalue weighted by Gasteiger charge is 2.10. The molecule has 0 aliphatic heterocycles. The summed E-state index contributed by atoms with van der Waals surface area (Å²) < 4.78 is 16.6. The number of para-hydroxylation sites is 1. The zero-order valence-corrected chi connectivity index (χ0v) is 15.6. The Hall–Kier alpha value is -3.26. The molecular weight excluding hydrogens is 342 g/mol. The van der Waals surface area contributed by atoms with Crippen molar-refractivity contribution in [1.29, 1.82) is 5.26 Å². The SMILES string of the molecule is CCCOc1c(/C=C/C(=O)c2ccc(OCC#N)cc2)cccc1OCC. The van der Waals surface area contributed by atoms with Crippen molar-refractivity contribution in [3.8, 4) is 23.3 Å². The van der Waals surface area contributed by atoms with Gasteiger partial charge in [-0.1, -0.05) is 19.1 Å². The highest BCUT2D eigenvalue weighted by Crippen LogP contribution is 2.32. The quantitative estimate of drug-likeness (QED) is 0.452. The highest BCUT2D eigenvalue weighted by molar-refractivity contribution is 6.07. The molecule has 0 saturated heterocycles. The average Bonchev–Trinajstić information content (AvgIpc) is 2.70. The number of nitriles is 1. The summed E-state index contributed by atoms with van der Waals surface area (Å²) in [7, 11) is 0. The van der Waals surface area contributed by atoms with Crippen molar-refractivity contribution in [3.05, 3.63) is 59.7 Å². The summed E-state index contributed by atoms with van der Waals surface area (Å²) in [5, 5.41) is 8.52.